The van der Waals surface area contributed by atoms with Crippen LogP contribution in [0.1, 0.15) is 0 Å². The largest absolute Gasteiger partial charge is 0.247 e. The highest BCUT2D eigenvalue weighted by molar-refractivity contribution is 6.24. The van der Waals surface area contributed by atoms with Gasteiger partial charge in [0.2, 0.25) is 0 Å². The Morgan fingerprint density at radius 3 is 1.47 bits per heavy atom. The first-order valence-corrected chi connectivity index (χ1v) is 17.5. The maximum atomic E-state index is 5.29. The van der Waals surface area contributed by atoms with Gasteiger partial charge in [0.25, 0.3) is 0 Å². The van der Waals surface area contributed by atoms with Gasteiger partial charge < -0.3 is 0 Å². The lowest BCUT2D eigenvalue weighted by atomic mass is 9.93. The maximum Gasteiger partial charge on any atom is 0.164 e. The molecule has 0 atom stereocenters. The summed E-state index contributed by atoms with van der Waals surface area (Å²) in [6.45, 7) is 0. The Hall–Kier alpha value is -7.38. The van der Waals surface area contributed by atoms with E-state index in [2.05, 4.69) is 60.7 Å². The Kier molecular flexibility index (Phi) is 7.32. The predicted octanol–water partition coefficient (Wildman–Crippen LogP) is 10.6. The van der Waals surface area contributed by atoms with Crippen molar-refractivity contribution in [2.75, 3.05) is 0 Å². The Bertz CT molecular complexity index is 2850. The van der Waals surface area contributed by atoms with Gasteiger partial charge in [-0.15, -0.1) is 10.2 Å². The normalized spacial score (nSPS) is 11.4. The van der Waals surface area contributed by atoms with E-state index in [1.54, 1.807) is 4.80 Å². The van der Waals surface area contributed by atoms with Crippen LogP contribution in [0, 0.1) is 0 Å². The zero-order valence-corrected chi connectivity index (χ0v) is 28.4. The zero-order chi connectivity index (χ0) is 35.1. The summed E-state index contributed by atoms with van der Waals surface area (Å²) in [5.41, 5.74) is 10.3. The first kappa shape index (κ1) is 30.4. The minimum atomic E-state index is 0.612. The lowest BCUT2D eigenvalue weighted by Crippen LogP contribution is -2.00. The maximum absolute atomic E-state index is 5.29. The van der Waals surface area contributed by atoms with Crippen molar-refractivity contribution >= 4 is 32.7 Å². The standard InChI is InChI=1S/C46H29N7/c1-5-14-31(15-6-1)42-37-28-29-39-43(52-53(51-39)35-20-11-4-12-21-35)41(37)40-36(22-13-23-38(40)47-42)30-24-26-34(27-25-30)46-49-44(32-16-7-2-8-17-32)48-45(50-46)33-18-9-3-10-19-33/h1-29H. The fourth-order valence-electron chi connectivity index (χ4n) is 6.98. The number of aromatic nitrogens is 7. The first-order chi connectivity index (χ1) is 26.3. The van der Waals surface area contributed by atoms with Crippen LogP contribution in [-0.2, 0) is 0 Å². The molecule has 0 spiro atoms. The van der Waals surface area contributed by atoms with E-state index >= 15 is 0 Å². The van der Waals surface area contributed by atoms with Crippen molar-refractivity contribution in [2.45, 2.75) is 0 Å². The Morgan fingerprint density at radius 1 is 0.340 bits per heavy atom. The third-order valence-corrected chi connectivity index (χ3v) is 9.52. The molecule has 10 aromatic rings. The highest BCUT2D eigenvalue weighted by atomic mass is 15.5. The summed E-state index contributed by atoms with van der Waals surface area (Å²) in [5, 5.41) is 13.1. The van der Waals surface area contributed by atoms with Crippen LogP contribution in [0.5, 0.6) is 0 Å². The highest BCUT2D eigenvalue weighted by Gasteiger charge is 2.20. The summed E-state index contributed by atoms with van der Waals surface area (Å²) in [6.07, 6.45) is 0. The van der Waals surface area contributed by atoms with E-state index < -0.39 is 0 Å². The monoisotopic (exact) mass is 679 g/mol. The molecule has 0 aliphatic rings. The fraction of sp³-hybridized carbons (Fsp3) is 0. The molecule has 0 fully saturated rings. The van der Waals surface area contributed by atoms with Crippen LogP contribution in [0.25, 0.3) is 94.9 Å². The summed E-state index contributed by atoms with van der Waals surface area (Å²) in [4.78, 5) is 21.8. The smallest absolute Gasteiger partial charge is 0.164 e. The average molecular weight is 680 g/mol. The van der Waals surface area contributed by atoms with Gasteiger partial charge in [0.05, 0.1) is 16.9 Å². The van der Waals surface area contributed by atoms with E-state index in [4.69, 9.17) is 30.1 Å². The topological polar surface area (TPSA) is 82.3 Å². The number of hydrogen-bond donors (Lipinski definition) is 0. The lowest BCUT2D eigenvalue weighted by molar-refractivity contribution is 0.766. The van der Waals surface area contributed by atoms with Gasteiger partial charge in [-0.25, -0.2) is 19.9 Å². The quantitative estimate of drug-likeness (QED) is 0.163. The fourth-order valence-corrected chi connectivity index (χ4v) is 6.98. The summed E-state index contributed by atoms with van der Waals surface area (Å²) < 4.78 is 0. The van der Waals surface area contributed by atoms with Crippen LogP contribution in [-0.4, -0.2) is 34.9 Å². The zero-order valence-electron chi connectivity index (χ0n) is 28.4. The SMILES string of the molecule is c1ccc(-c2nc(-c3ccccc3)nc(-c3ccc(-c4cccc5nc(-c6ccccc6)c6ccc7nn(-c8ccccc8)nc7c6c45)cc3)n2)cc1. The van der Waals surface area contributed by atoms with Crippen molar-refractivity contribution in [1.82, 2.24) is 34.9 Å². The molecule has 0 aliphatic carbocycles. The van der Waals surface area contributed by atoms with Crippen molar-refractivity contribution in [1.29, 1.82) is 0 Å². The number of nitrogens with zero attached hydrogens (tertiary/aromatic N) is 7. The molecule has 0 aliphatic heterocycles. The van der Waals surface area contributed by atoms with Gasteiger partial charge >= 0.3 is 0 Å². The third kappa shape index (κ3) is 5.48. The van der Waals surface area contributed by atoms with E-state index in [1.165, 1.54) is 0 Å². The molecule has 7 aromatic carbocycles. The van der Waals surface area contributed by atoms with Crippen LogP contribution in [0.3, 0.4) is 0 Å². The van der Waals surface area contributed by atoms with E-state index in [0.29, 0.717) is 17.5 Å². The second kappa shape index (κ2) is 12.7. The second-order valence-electron chi connectivity index (χ2n) is 12.8. The van der Waals surface area contributed by atoms with Crippen LogP contribution < -0.4 is 0 Å². The van der Waals surface area contributed by atoms with Crippen LogP contribution in [0.2, 0.25) is 0 Å². The van der Waals surface area contributed by atoms with Crippen molar-refractivity contribution in [3.05, 3.63) is 176 Å². The van der Waals surface area contributed by atoms with Crippen LogP contribution in [0.4, 0.5) is 0 Å². The molecule has 7 nitrogen and oxygen atoms in total. The van der Waals surface area contributed by atoms with Crippen LogP contribution in [0.15, 0.2) is 176 Å². The van der Waals surface area contributed by atoms with Gasteiger partial charge in [-0.2, -0.15) is 4.80 Å². The molecule has 0 saturated heterocycles. The van der Waals surface area contributed by atoms with E-state index in [1.807, 2.05) is 115 Å². The van der Waals surface area contributed by atoms with Gasteiger partial charge in [0.1, 0.15) is 11.0 Å². The van der Waals surface area contributed by atoms with E-state index in [-0.39, 0.29) is 0 Å². The molecule has 0 N–H and O–H groups in total. The number of hydrogen-bond acceptors (Lipinski definition) is 6. The third-order valence-electron chi connectivity index (χ3n) is 9.52. The lowest BCUT2D eigenvalue weighted by Gasteiger charge is -2.14. The predicted molar refractivity (Wildman–Crippen MR) is 212 cm³/mol. The van der Waals surface area contributed by atoms with Gasteiger partial charge in [-0.3, -0.25) is 0 Å². The molecule has 10 rings (SSSR count). The van der Waals surface area contributed by atoms with E-state index in [0.717, 1.165) is 77.5 Å². The van der Waals surface area contributed by atoms with Crippen LogP contribution >= 0.6 is 0 Å². The second-order valence-corrected chi connectivity index (χ2v) is 12.8. The molecule has 0 amide bonds. The van der Waals surface area contributed by atoms with Crippen molar-refractivity contribution in [3.8, 4) is 62.2 Å². The summed E-state index contributed by atoms with van der Waals surface area (Å²) in [5.74, 6) is 1.87. The van der Waals surface area contributed by atoms with E-state index in [9.17, 15) is 0 Å². The van der Waals surface area contributed by atoms with Gasteiger partial charge in [-0.1, -0.05) is 146 Å². The number of para-hydroxylation sites is 1. The first-order valence-electron chi connectivity index (χ1n) is 17.5. The van der Waals surface area contributed by atoms with Crippen molar-refractivity contribution < 1.29 is 0 Å². The number of rotatable bonds is 6. The Morgan fingerprint density at radius 2 is 0.868 bits per heavy atom. The number of fused-ring (bicyclic) bond motifs is 5. The molecule has 3 heterocycles. The van der Waals surface area contributed by atoms with Gasteiger partial charge in [-0.05, 0) is 41.5 Å². The summed E-state index contributed by atoms with van der Waals surface area (Å²) in [6, 6.07) is 59.4. The molecule has 248 valence electrons. The molecular weight excluding hydrogens is 651 g/mol. The molecule has 0 saturated carbocycles. The summed E-state index contributed by atoms with van der Waals surface area (Å²) >= 11 is 0. The Labute approximate surface area is 304 Å². The molecule has 0 bridgehead atoms. The minimum Gasteiger partial charge on any atom is -0.247 e. The van der Waals surface area contributed by atoms with Crippen molar-refractivity contribution in [2.24, 2.45) is 0 Å². The molecule has 0 unspecified atom stereocenters. The molecule has 7 heteroatoms. The average Bonchev–Trinajstić information content (AvgIpc) is 3.69. The summed E-state index contributed by atoms with van der Waals surface area (Å²) in [7, 11) is 0. The molecule has 53 heavy (non-hydrogen) atoms. The van der Waals surface area contributed by atoms with Gasteiger partial charge in [0.15, 0.2) is 17.5 Å². The minimum absolute atomic E-state index is 0.612. The Balaban J connectivity index is 1.16. The highest BCUT2D eigenvalue weighted by Crippen LogP contribution is 2.41. The molecule has 3 aromatic heterocycles. The molecule has 0 radical (unpaired) electrons. The van der Waals surface area contributed by atoms with Gasteiger partial charge in [0, 0.05) is 38.4 Å². The number of pyridine rings is 1. The van der Waals surface area contributed by atoms with Crippen molar-refractivity contribution in [3.63, 3.8) is 0 Å². The molecular formula is C46H29N7. The number of benzene rings is 7.